The number of aromatic nitrogens is 1. The average Bonchev–Trinajstić information content (AvgIpc) is 2.91. The first-order valence-corrected chi connectivity index (χ1v) is 11.1. The van der Waals surface area contributed by atoms with E-state index < -0.39 is 17.7 Å². The molecule has 0 radical (unpaired) electrons. The number of nitrogens with zero attached hydrogens (tertiary/aromatic N) is 1. The number of ether oxygens (including phenoxy) is 1. The van der Waals surface area contributed by atoms with Crippen molar-refractivity contribution in [1.82, 2.24) is 4.73 Å². The highest BCUT2D eigenvalue weighted by Crippen LogP contribution is 2.33. The summed E-state index contributed by atoms with van der Waals surface area (Å²) < 4.78 is 5.10. The fourth-order valence-corrected chi connectivity index (χ4v) is 3.35. The van der Waals surface area contributed by atoms with Crippen LogP contribution in [0, 0.1) is 0 Å². The minimum atomic E-state index is -0.678. The van der Waals surface area contributed by atoms with Gasteiger partial charge in [0.05, 0.1) is 6.07 Å². The molecule has 6 nitrogen and oxygen atoms in total. The predicted molar refractivity (Wildman–Crippen MR) is 110 cm³/mol. The highest BCUT2D eigenvalue weighted by atomic mass is 16.6. The first kappa shape index (κ1) is 24.2. The van der Waals surface area contributed by atoms with E-state index in [1.807, 2.05) is 0 Å². The zero-order valence-electron chi connectivity index (χ0n) is 17.5. The van der Waals surface area contributed by atoms with Gasteiger partial charge in [0.15, 0.2) is 5.75 Å². The topological polar surface area (TPSA) is 91.9 Å². The molecule has 1 aromatic rings. The van der Waals surface area contributed by atoms with Gasteiger partial charge >= 0.3 is 5.97 Å². The average molecular weight is 398 g/mol. The summed E-state index contributed by atoms with van der Waals surface area (Å²) in [6.07, 6.45) is 19.2. The molecule has 6 heteroatoms. The molecule has 3 N–H and O–H groups in total. The Labute approximate surface area is 169 Å². The Morgan fingerprint density at radius 1 is 0.821 bits per heavy atom. The lowest BCUT2D eigenvalue weighted by atomic mass is 10.0. The van der Waals surface area contributed by atoms with E-state index >= 15 is 0 Å². The Morgan fingerprint density at radius 3 is 1.64 bits per heavy atom. The number of rotatable bonds is 17. The van der Waals surface area contributed by atoms with Crippen LogP contribution >= 0.6 is 0 Å². The van der Waals surface area contributed by atoms with Crippen molar-refractivity contribution < 1.29 is 25.0 Å². The van der Waals surface area contributed by atoms with E-state index in [-0.39, 0.29) is 16.9 Å². The summed E-state index contributed by atoms with van der Waals surface area (Å²) in [5.74, 6) is -1.96. The molecule has 0 amide bonds. The zero-order valence-corrected chi connectivity index (χ0v) is 17.5. The van der Waals surface area contributed by atoms with E-state index in [0.717, 1.165) is 25.3 Å². The molecule has 0 spiro atoms. The Hall–Kier alpha value is -1.85. The van der Waals surface area contributed by atoms with Crippen molar-refractivity contribution in [3.8, 4) is 17.5 Å². The van der Waals surface area contributed by atoms with Crippen LogP contribution in [0.3, 0.4) is 0 Å². The van der Waals surface area contributed by atoms with Gasteiger partial charge in [-0.25, -0.2) is 0 Å². The van der Waals surface area contributed by atoms with E-state index in [0.29, 0.717) is 0 Å². The number of unbranched alkanes of at least 4 members (excludes halogenated alkanes) is 14. The summed E-state index contributed by atoms with van der Waals surface area (Å²) in [6, 6.07) is 1.000. The molecule has 0 aliphatic rings. The Bertz CT molecular complexity index is 541. The second kappa shape index (κ2) is 15.1. The van der Waals surface area contributed by atoms with Gasteiger partial charge in [0, 0.05) is 6.42 Å². The van der Waals surface area contributed by atoms with Crippen LogP contribution in [0.15, 0.2) is 6.07 Å². The highest BCUT2D eigenvalue weighted by molar-refractivity contribution is 5.73. The molecule has 0 saturated carbocycles. The van der Waals surface area contributed by atoms with Crippen molar-refractivity contribution in [3.63, 3.8) is 0 Å². The Morgan fingerprint density at radius 2 is 1.25 bits per heavy atom. The molecule has 1 aromatic heterocycles. The van der Waals surface area contributed by atoms with Gasteiger partial charge in [-0.15, -0.1) is 4.73 Å². The molecule has 0 bridgehead atoms. The lowest BCUT2D eigenvalue weighted by Gasteiger charge is -2.04. The number of esters is 1. The lowest BCUT2D eigenvalue weighted by Crippen LogP contribution is -2.07. The van der Waals surface area contributed by atoms with Gasteiger partial charge in [-0.3, -0.25) is 4.79 Å². The third kappa shape index (κ3) is 10.5. The van der Waals surface area contributed by atoms with E-state index in [1.54, 1.807) is 0 Å². The second-order valence-electron chi connectivity index (χ2n) is 7.68. The quantitative estimate of drug-likeness (QED) is 0.163. The molecular formula is C22H39NO5. The Balaban J connectivity index is 1.87. The van der Waals surface area contributed by atoms with Crippen LogP contribution in [0.5, 0.6) is 17.5 Å². The maximum atomic E-state index is 11.7. The molecule has 0 saturated heterocycles. The summed E-state index contributed by atoms with van der Waals surface area (Å²) in [5, 5.41) is 27.8. The molecule has 1 rings (SSSR count). The van der Waals surface area contributed by atoms with Crippen LogP contribution in [0.4, 0.5) is 0 Å². The minimum Gasteiger partial charge on any atom is -0.492 e. The largest absolute Gasteiger partial charge is 0.492 e. The molecule has 0 aromatic carbocycles. The highest BCUT2D eigenvalue weighted by Gasteiger charge is 2.17. The molecule has 0 unspecified atom stereocenters. The summed E-state index contributed by atoms with van der Waals surface area (Å²) in [6.45, 7) is 2.26. The number of hydrogen-bond acceptors (Lipinski definition) is 5. The maximum absolute atomic E-state index is 11.7. The summed E-state index contributed by atoms with van der Waals surface area (Å²) >= 11 is 0. The van der Waals surface area contributed by atoms with Crippen molar-refractivity contribution in [2.24, 2.45) is 0 Å². The first-order chi connectivity index (χ1) is 13.6. The predicted octanol–water partition coefficient (Wildman–Crippen LogP) is 6.30. The van der Waals surface area contributed by atoms with Crippen LogP contribution in [0.1, 0.15) is 110 Å². The van der Waals surface area contributed by atoms with Gasteiger partial charge in [0.1, 0.15) is 0 Å². The number of carbonyl (C=O) groups excluding carboxylic acids is 1. The fraction of sp³-hybridized carbons (Fsp3) is 0.773. The first-order valence-electron chi connectivity index (χ1n) is 11.1. The molecule has 0 fully saturated rings. The summed E-state index contributed by atoms with van der Waals surface area (Å²) in [7, 11) is 0. The molecule has 0 atom stereocenters. The number of hydrogen-bond donors (Lipinski definition) is 3. The van der Waals surface area contributed by atoms with E-state index in [2.05, 4.69) is 6.92 Å². The third-order valence-corrected chi connectivity index (χ3v) is 5.11. The van der Waals surface area contributed by atoms with E-state index in [1.165, 1.54) is 77.0 Å². The van der Waals surface area contributed by atoms with Crippen molar-refractivity contribution in [2.75, 3.05) is 0 Å². The van der Waals surface area contributed by atoms with Gasteiger partial charge in [0.25, 0.3) is 5.88 Å². The lowest BCUT2D eigenvalue weighted by molar-refractivity contribution is -0.134. The van der Waals surface area contributed by atoms with Crippen LogP contribution in [-0.4, -0.2) is 26.1 Å². The van der Waals surface area contributed by atoms with Gasteiger partial charge in [-0.1, -0.05) is 96.8 Å². The van der Waals surface area contributed by atoms with Gasteiger partial charge in [-0.2, -0.15) is 0 Å². The van der Waals surface area contributed by atoms with Crippen molar-refractivity contribution in [1.29, 1.82) is 0 Å². The minimum absolute atomic E-state index is 0.163. The second-order valence-corrected chi connectivity index (χ2v) is 7.68. The molecule has 0 aliphatic heterocycles. The van der Waals surface area contributed by atoms with Crippen molar-refractivity contribution >= 4 is 5.97 Å². The van der Waals surface area contributed by atoms with Crippen LogP contribution in [0.2, 0.25) is 0 Å². The standard InChI is InChI=1S/C22H39NO5/c1-2-3-4-5-6-7-8-9-10-11-12-13-14-15-16-17-21(25)28-19-18-20(24)23(27)22(19)26/h18,24,26-27H,2-17H2,1H3. The molecule has 0 aliphatic carbocycles. The van der Waals surface area contributed by atoms with Gasteiger partial charge in [-0.05, 0) is 6.42 Å². The SMILES string of the molecule is CCCCCCCCCCCCCCCCCC(=O)Oc1cc(O)n(O)c1O. The maximum Gasteiger partial charge on any atom is 0.311 e. The Kier molecular flexibility index (Phi) is 13.1. The van der Waals surface area contributed by atoms with Crippen LogP contribution < -0.4 is 4.74 Å². The summed E-state index contributed by atoms with van der Waals surface area (Å²) in [4.78, 5) is 11.7. The fourth-order valence-electron chi connectivity index (χ4n) is 3.35. The number of carbonyl (C=O) groups is 1. The summed E-state index contributed by atoms with van der Waals surface area (Å²) in [5.41, 5.74) is 0. The van der Waals surface area contributed by atoms with E-state index in [4.69, 9.17) is 4.74 Å². The molecule has 28 heavy (non-hydrogen) atoms. The molecular weight excluding hydrogens is 358 g/mol. The van der Waals surface area contributed by atoms with Gasteiger partial charge in [0.2, 0.25) is 5.88 Å². The zero-order chi connectivity index (χ0) is 20.6. The third-order valence-electron chi connectivity index (χ3n) is 5.11. The van der Waals surface area contributed by atoms with Gasteiger partial charge < -0.3 is 20.2 Å². The van der Waals surface area contributed by atoms with Crippen LogP contribution in [-0.2, 0) is 4.79 Å². The smallest absolute Gasteiger partial charge is 0.311 e. The molecule has 1 heterocycles. The number of aromatic hydroxyl groups is 2. The van der Waals surface area contributed by atoms with E-state index in [9.17, 15) is 20.2 Å². The normalized spacial score (nSPS) is 11.0. The monoisotopic (exact) mass is 397 g/mol. The van der Waals surface area contributed by atoms with Crippen molar-refractivity contribution in [3.05, 3.63) is 6.07 Å². The molecule has 162 valence electrons. The van der Waals surface area contributed by atoms with Crippen LogP contribution in [0.25, 0.3) is 0 Å². The van der Waals surface area contributed by atoms with Crippen molar-refractivity contribution in [2.45, 2.75) is 110 Å².